The predicted octanol–water partition coefficient (Wildman–Crippen LogP) is 5.20. The number of rotatable bonds is 8. The number of nitrogens with one attached hydrogen (secondary N) is 2. The molecule has 0 radical (unpaired) electrons. The molecule has 3 rings (SSSR count). The summed E-state index contributed by atoms with van der Waals surface area (Å²) in [4.78, 5) is 24.2. The smallest absolute Gasteiger partial charge is 0.251 e. The number of carbonyl (C=O) groups excluding carboxylic acids is 2. The fourth-order valence-corrected chi connectivity index (χ4v) is 4.99. The van der Waals surface area contributed by atoms with E-state index in [1.165, 1.54) is 23.1 Å². The topological polar surface area (TPSA) is 84.0 Å². The van der Waals surface area contributed by atoms with Gasteiger partial charge in [0.05, 0.1) is 0 Å². The highest BCUT2D eigenvalue weighted by Crippen LogP contribution is 2.33. The molecule has 0 unspecified atom stereocenters. The molecule has 0 fully saturated rings. The van der Waals surface area contributed by atoms with E-state index in [1.807, 2.05) is 19.1 Å². The van der Waals surface area contributed by atoms with Crippen LogP contribution < -0.4 is 10.6 Å². The molecule has 0 aliphatic carbocycles. The van der Waals surface area contributed by atoms with Gasteiger partial charge in [0.1, 0.15) is 0 Å². The lowest BCUT2D eigenvalue weighted by molar-refractivity contribution is -0.116. The summed E-state index contributed by atoms with van der Waals surface area (Å²) >= 11 is 15.0. The number of anilines is 1. The minimum Gasteiger partial charge on any atom is -0.352 e. The zero-order valence-corrected chi connectivity index (χ0v) is 19.1. The Labute approximate surface area is 192 Å². The number of aryl methyl sites for hydroxylation is 1. The van der Waals surface area contributed by atoms with Gasteiger partial charge in [-0.05, 0) is 36.8 Å². The van der Waals surface area contributed by atoms with Gasteiger partial charge in [0, 0.05) is 34.3 Å². The van der Waals surface area contributed by atoms with E-state index in [0.29, 0.717) is 30.8 Å². The Morgan fingerprint density at radius 2 is 1.83 bits per heavy atom. The van der Waals surface area contributed by atoms with Gasteiger partial charge >= 0.3 is 0 Å². The summed E-state index contributed by atoms with van der Waals surface area (Å²) in [5, 5.41) is 15.1. The number of nitrogens with zero attached hydrogens (tertiary/aromatic N) is 2. The molecular formula is C20H18Cl2N4O2S2. The lowest BCUT2D eigenvalue weighted by Gasteiger charge is -2.05. The van der Waals surface area contributed by atoms with Crippen LogP contribution >= 0.6 is 46.3 Å². The van der Waals surface area contributed by atoms with Crippen LogP contribution in [0.4, 0.5) is 5.13 Å². The first-order valence-corrected chi connectivity index (χ1v) is 11.5. The molecular weight excluding hydrogens is 463 g/mol. The second-order valence-corrected chi connectivity index (χ2v) is 9.30. The quantitative estimate of drug-likeness (QED) is 0.341. The van der Waals surface area contributed by atoms with Crippen molar-refractivity contribution in [3.8, 4) is 0 Å². The van der Waals surface area contributed by atoms with Crippen molar-refractivity contribution < 1.29 is 9.59 Å². The molecule has 1 heterocycles. The van der Waals surface area contributed by atoms with Crippen molar-refractivity contribution in [2.24, 2.45) is 0 Å². The van der Waals surface area contributed by atoms with E-state index in [1.54, 1.807) is 30.3 Å². The summed E-state index contributed by atoms with van der Waals surface area (Å²) < 4.78 is 0.689. The molecule has 30 heavy (non-hydrogen) atoms. The van der Waals surface area contributed by atoms with Crippen molar-refractivity contribution in [2.45, 2.75) is 23.4 Å². The highest BCUT2D eigenvalue weighted by atomic mass is 35.5. The minimum absolute atomic E-state index is 0.134. The monoisotopic (exact) mass is 480 g/mol. The minimum atomic E-state index is -0.249. The molecule has 2 amide bonds. The van der Waals surface area contributed by atoms with Gasteiger partial charge in [-0.15, -0.1) is 10.2 Å². The summed E-state index contributed by atoms with van der Waals surface area (Å²) in [7, 11) is 0. The van der Waals surface area contributed by atoms with E-state index in [0.717, 1.165) is 11.1 Å². The van der Waals surface area contributed by atoms with Gasteiger partial charge in [-0.1, -0.05) is 70.1 Å². The molecule has 0 aliphatic rings. The Balaban J connectivity index is 1.44. The Morgan fingerprint density at radius 3 is 2.57 bits per heavy atom. The maximum absolute atomic E-state index is 12.1. The van der Waals surface area contributed by atoms with Gasteiger partial charge in [-0.25, -0.2) is 0 Å². The predicted molar refractivity (Wildman–Crippen MR) is 123 cm³/mol. The van der Waals surface area contributed by atoms with Gasteiger partial charge in [0.2, 0.25) is 11.0 Å². The number of hydrogen-bond acceptors (Lipinski definition) is 6. The number of amides is 2. The lowest BCUT2D eigenvalue weighted by atomic mass is 10.1. The first-order chi connectivity index (χ1) is 14.4. The van der Waals surface area contributed by atoms with Crippen molar-refractivity contribution in [1.29, 1.82) is 0 Å². The largest absolute Gasteiger partial charge is 0.352 e. The van der Waals surface area contributed by atoms with Crippen molar-refractivity contribution in [2.75, 3.05) is 11.9 Å². The molecule has 6 nitrogen and oxygen atoms in total. The summed E-state index contributed by atoms with van der Waals surface area (Å²) in [6, 6.07) is 12.6. The summed E-state index contributed by atoms with van der Waals surface area (Å²) in [5.41, 5.74) is 2.40. The van der Waals surface area contributed by atoms with Crippen LogP contribution in [0.5, 0.6) is 0 Å². The molecule has 0 aliphatic heterocycles. The van der Waals surface area contributed by atoms with Crippen molar-refractivity contribution in [3.63, 3.8) is 0 Å². The molecule has 1 aromatic heterocycles. The number of thioether (sulfide) groups is 1. The number of hydrogen-bond donors (Lipinski definition) is 2. The SMILES string of the molecule is Cc1cccc(C(=O)NCCC(=O)Nc2nnc(SCc3c(Cl)cccc3Cl)s2)c1. The number of benzene rings is 2. The van der Waals surface area contributed by atoms with Crippen LogP contribution in [-0.2, 0) is 10.5 Å². The number of halogens is 2. The zero-order chi connectivity index (χ0) is 21.5. The highest BCUT2D eigenvalue weighted by Gasteiger charge is 2.12. The average Bonchev–Trinajstić information content (AvgIpc) is 3.14. The van der Waals surface area contributed by atoms with E-state index < -0.39 is 0 Å². The maximum Gasteiger partial charge on any atom is 0.251 e. The Kier molecular flexibility index (Phi) is 8.09. The zero-order valence-electron chi connectivity index (χ0n) is 15.9. The molecule has 0 saturated carbocycles. The van der Waals surface area contributed by atoms with Crippen LogP contribution in [-0.4, -0.2) is 28.6 Å². The van der Waals surface area contributed by atoms with Gasteiger partial charge in [0.25, 0.3) is 5.91 Å². The Bertz CT molecular complexity index is 1040. The van der Waals surface area contributed by atoms with Crippen LogP contribution in [0.25, 0.3) is 0 Å². The highest BCUT2D eigenvalue weighted by molar-refractivity contribution is 8.00. The Hall–Kier alpha value is -2.13. The third-order valence-corrected chi connectivity index (χ3v) is 6.68. The van der Waals surface area contributed by atoms with Crippen LogP contribution in [0, 0.1) is 6.92 Å². The molecule has 156 valence electrons. The van der Waals surface area contributed by atoms with Crippen LogP contribution in [0.15, 0.2) is 46.8 Å². The van der Waals surface area contributed by atoms with Crippen molar-refractivity contribution in [3.05, 3.63) is 69.2 Å². The average molecular weight is 481 g/mol. The second kappa shape index (κ2) is 10.8. The molecule has 10 heteroatoms. The number of aromatic nitrogens is 2. The normalized spacial score (nSPS) is 10.6. The van der Waals surface area contributed by atoms with E-state index in [2.05, 4.69) is 20.8 Å². The summed E-state index contributed by atoms with van der Waals surface area (Å²) in [6.07, 6.45) is 0.134. The van der Waals surface area contributed by atoms with E-state index in [9.17, 15) is 9.59 Å². The molecule has 3 aromatic rings. The Morgan fingerprint density at radius 1 is 1.10 bits per heavy atom. The fraction of sp³-hybridized carbons (Fsp3) is 0.200. The lowest BCUT2D eigenvalue weighted by Crippen LogP contribution is -2.27. The van der Waals surface area contributed by atoms with Crippen LogP contribution in [0.2, 0.25) is 10.0 Å². The second-order valence-electron chi connectivity index (χ2n) is 6.29. The van der Waals surface area contributed by atoms with Crippen molar-refractivity contribution >= 4 is 63.2 Å². The fourth-order valence-electron chi connectivity index (χ4n) is 2.48. The van der Waals surface area contributed by atoms with Gasteiger partial charge in [0.15, 0.2) is 4.34 Å². The first-order valence-electron chi connectivity index (χ1n) is 8.96. The third kappa shape index (κ3) is 6.43. The first kappa shape index (κ1) is 22.6. The molecule has 0 atom stereocenters. The standard InChI is InChI=1S/C20H18Cl2N4O2S2/c1-12-4-2-5-13(10-12)18(28)23-9-8-17(27)24-19-25-26-20(30-19)29-11-14-15(21)6-3-7-16(14)22/h2-7,10H,8-9,11H2,1H3,(H,23,28)(H,24,25,27). The van der Waals surface area contributed by atoms with Crippen LogP contribution in [0.3, 0.4) is 0 Å². The molecule has 0 bridgehead atoms. The van der Waals surface area contributed by atoms with Gasteiger partial charge in [-0.2, -0.15) is 0 Å². The summed E-state index contributed by atoms with van der Waals surface area (Å²) in [5.74, 6) is 0.0900. The molecule has 0 spiro atoms. The number of carbonyl (C=O) groups is 2. The van der Waals surface area contributed by atoms with Gasteiger partial charge < -0.3 is 10.6 Å². The van der Waals surface area contributed by atoms with E-state index in [-0.39, 0.29) is 24.8 Å². The van der Waals surface area contributed by atoms with Crippen molar-refractivity contribution in [1.82, 2.24) is 15.5 Å². The molecule has 0 saturated heterocycles. The third-order valence-electron chi connectivity index (χ3n) is 3.97. The van der Waals surface area contributed by atoms with E-state index >= 15 is 0 Å². The van der Waals surface area contributed by atoms with E-state index in [4.69, 9.17) is 23.2 Å². The molecule has 2 aromatic carbocycles. The summed E-state index contributed by atoms with van der Waals surface area (Å²) in [6.45, 7) is 2.14. The van der Waals surface area contributed by atoms with Crippen LogP contribution in [0.1, 0.15) is 27.9 Å². The molecule has 2 N–H and O–H groups in total. The maximum atomic E-state index is 12.1. The van der Waals surface area contributed by atoms with Gasteiger partial charge in [-0.3, -0.25) is 9.59 Å².